The minimum Gasteiger partial charge on any atom is -0.492 e. The zero-order valence-corrected chi connectivity index (χ0v) is 12.6. The van der Waals surface area contributed by atoms with Crippen LogP contribution in [-0.2, 0) is 0 Å². The Hall–Kier alpha value is -1.26. The van der Waals surface area contributed by atoms with Crippen LogP contribution in [0.5, 0.6) is 5.75 Å². The second-order valence-electron chi connectivity index (χ2n) is 3.82. The fourth-order valence-corrected chi connectivity index (χ4v) is 2.80. The lowest BCUT2D eigenvalue weighted by Crippen LogP contribution is -2.00. The maximum atomic E-state index is 10.6. The van der Waals surface area contributed by atoms with Gasteiger partial charge in [-0.2, -0.15) is 0 Å². The summed E-state index contributed by atoms with van der Waals surface area (Å²) in [7, 11) is 0. The molecule has 0 bridgehead atoms. The molecule has 0 aliphatic heterocycles. The first-order chi connectivity index (χ1) is 9.29. The number of hydrogen-bond acceptors (Lipinski definition) is 3. The topological polar surface area (TPSA) is 26.3 Å². The Kier molecular flexibility index (Phi) is 5.48. The van der Waals surface area contributed by atoms with Crippen molar-refractivity contribution in [2.24, 2.45) is 0 Å². The predicted octanol–water partition coefficient (Wildman–Crippen LogP) is 4.43. The summed E-state index contributed by atoms with van der Waals surface area (Å²) < 4.78 is 6.48. The van der Waals surface area contributed by atoms with Crippen molar-refractivity contribution in [2.45, 2.75) is 4.90 Å². The summed E-state index contributed by atoms with van der Waals surface area (Å²) in [6.07, 6.45) is 0.819. The highest BCUT2D eigenvalue weighted by molar-refractivity contribution is 9.10. The molecule has 0 aliphatic rings. The van der Waals surface area contributed by atoms with Crippen molar-refractivity contribution in [3.8, 4) is 5.75 Å². The van der Waals surface area contributed by atoms with E-state index < -0.39 is 0 Å². The van der Waals surface area contributed by atoms with E-state index in [4.69, 9.17) is 4.74 Å². The van der Waals surface area contributed by atoms with Gasteiger partial charge in [0.15, 0.2) is 0 Å². The Bertz CT molecular complexity index is 543. The monoisotopic (exact) mass is 336 g/mol. The van der Waals surface area contributed by atoms with Gasteiger partial charge in [0.05, 0.1) is 11.1 Å². The van der Waals surface area contributed by atoms with Crippen LogP contribution in [0, 0.1) is 0 Å². The van der Waals surface area contributed by atoms with Crippen LogP contribution in [0.4, 0.5) is 0 Å². The molecular weight excluding hydrogens is 324 g/mol. The van der Waals surface area contributed by atoms with Gasteiger partial charge in [-0.05, 0) is 46.3 Å². The normalized spacial score (nSPS) is 10.2. The van der Waals surface area contributed by atoms with Crippen LogP contribution in [-0.4, -0.2) is 18.6 Å². The lowest BCUT2D eigenvalue weighted by molar-refractivity contribution is 0.112. The summed E-state index contributed by atoms with van der Waals surface area (Å²) in [5, 5.41) is 0. The molecule has 0 aliphatic carbocycles. The summed E-state index contributed by atoms with van der Waals surface area (Å²) in [5.74, 6) is 1.64. The molecule has 0 spiro atoms. The zero-order chi connectivity index (χ0) is 13.5. The van der Waals surface area contributed by atoms with Crippen molar-refractivity contribution in [2.75, 3.05) is 12.4 Å². The molecule has 0 N–H and O–H groups in total. The summed E-state index contributed by atoms with van der Waals surface area (Å²) in [4.78, 5) is 11.9. The Labute approximate surface area is 125 Å². The highest BCUT2D eigenvalue weighted by Crippen LogP contribution is 2.26. The van der Waals surface area contributed by atoms with Crippen molar-refractivity contribution < 1.29 is 9.53 Å². The van der Waals surface area contributed by atoms with Crippen LogP contribution in [0.25, 0.3) is 0 Å². The Morgan fingerprint density at radius 1 is 1.16 bits per heavy atom. The summed E-state index contributed by atoms with van der Waals surface area (Å²) in [5.41, 5.74) is 0.637. The summed E-state index contributed by atoms with van der Waals surface area (Å²) >= 11 is 5.15. The van der Waals surface area contributed by atoms with E-state index in [2.05, 4.69) is 28.1 Å². The molecule has 0 saturated carbocycles. The first kappa shape index (κ1) is 14.2. The largest absolute Gasteiger partial charge is 0.492 e. The van der Waals surface area contributed by atoms with E-state index in [1.54, 1.807) is 30.0 Å². The van der Waals surface area contributed by atoms with Gasteiger partial charge < -0.3 is 4.74 Å². The lowest BCUT2D eigenvalue weighted by atomic mass is 10.2. The number of carbonyl (C=O) groups excluding carboxylic acids is 1. The molecule has 0 aromatic heterocycles. The van der Waals surface area contributed by atoms with Gasteiger partial charge in [0.1, 0.15) is 12.0 Å². The van der Waals surface area contributed by atoms with Crippen LogP contribution in [0.1, 0.15) is 10.4 Å². The van der Waals surface area contributed by atoms with Crippen molar-refractivity contribution in [3.05, 3.63) is 58.6 Å². The molecular formula is C15H13BrO2S. The molecule has 2 aromatic rings. The number of halogens is 1. The van der Waals surface area contributed by atoms with E-state index in [0.29, 0.717) is 12.2 Å². The van der Waals surface area contributed by atoms with Crippen molar-refractivity contribution in [3.63, 3.8) is 0 Å². The van der Waals surface area contributed by atoms with Crippen molar-refractivity contribution in [1.82, 2.24) is 0 Å². The molecule has 98 valence electrons. The third kappa shape index (κ3) is 4.40. The molecule has 2 nitrogen and oxygen atoms in total. The van der Waals surface area contributed by atoms with Crippen molar-refractivity contribution in [1.29, 1.82) is 0 Å². The Morgan fingerprint density at radius 2 is 1.95 bits per heavy atom. The number of aldehydes is 1. The second-order valence-corrected chi connectivity index (χ2v) is 5.84. The lowest BCUT2D eigenvalue weighted by Gasteiger charge is -2.08. The van der Waals surface area contributed by atoms with E-state index in [0.717, 1.165) is 22.3 Å². The smallest absolute Gasteiger partial charge is 0.150 e. The van der Waals surface area contributed by atoms with Gasteiger partial charge in [-0.3, -0.25) is 4.79 Å². The van der Waals surface area contributed by atoms with E-state index in [1.165, 1.54) is 4.90 Å². The summed E-state index contributed by atoms with van der Waals surface area (Å²) in [6, 6.07) is 15.5. The number of rotatable bonds is 6. The van der Waals surface area contributed by atoms with Crippen LogP contribution < -0.4 is 4.74 Å². The SMILES string of the molecule is O=Cc1ccc(OCCSc2ccccc2)c(Br)c1. The average molecular weight is 337 g/mol. The molecule has 19 heavy (non-hydrogen) atoms. The number of hydrogen-bond donors (Lipinski definition) is 0. The molecule has 2 rings (SSSR count). The third-order valence-electron chi connectivity index (χ3n) is 2.44. The molecule has 0 radical (unpaired) electrons. The van der Waals surface area contributed by atoms with Crippen LogP contribution in [0.2, 0.25) is 0 Å². The standard InChI is InChI=1S/C15H13BrO2S/c16-14-10-12(11-17)6-7-15(14)18-8-9-19-13-4-2-1-3-5-13/h1-7,10-11H,8-9H2. The molecule has 0 amide bonds. The average Bonchev–Trinajstić information content (AvgIpc) is 2.46. The Morgan fingerprint density at radius 3 is 2.63 bits per heavy atom. The number of thioether (sulfide) groups is 1. The molecule has 0 atom stereocenters. The molecule has 0 unspecified atom stereocenters. The fourth-order valence-electron chi connectivity index (χ4n) is 1.54. The van der Waals surface area contributed by atoms with Crippen LogP contribution >= 0.6 is 27.7 Å². The highest BCUT2D eigenvalue weighted by atomic mass is 79.9. The second kappa shape index (κ2) is 7.36. The maximum Gasteiger partial charge on any atom is 0.150 e. The first-order valence-corrected chi connectivity index (χ1v) is 7.63. The van der Waals surface area contributed by atoms with Gasteiger partial charge >= 0.3 is 0 Å². The zero-order valence-electron chi connectivity index (χ0n) is 10.2. The molecule has 0 heterocycles. The number of carbonyl (C=O) groups is 1. The fraction of sp³-hybridized carbons (Fsp3) is 0.133. The van der Waals surface area contributed by atoms with Gasteiger partial charge in [0, 0.05) is 16.2 Å². The molecule has 2 aromatic carbocycles. The van der Waals surface area contributed by atoms with E-state index in [-0.39, 0.29) is 0 Å². The third-order valence-corrected chi connectivity index (χ3v) is 4.04. The number of ether oxygens (including phenoxy) is 1. The van der Waals surface area contributed by atoms with Crippen LogP contribution in [0.3, 0.4) is 0 Å². The summed E-state index contributed by atoms with van der Waals surface area (Å²) in [6.45, 7) is 0.624. The Balaban J connectivity index is 1.81. The van der Waals surface area contributed by atoms with Gasteiger partial charge in [-0.1, -0.05) is 18.2 Å². The first-order valence-electron chi connectivity index (χ1n) is 5.85. The quantitative estimate of drug-likeness (QED) is 0.443. The minimum absolute atomic E-state index is 0.624. The molecule has 4 heteroatoms. The van der Waals surface area contributed by atoms with E-state index in [9.17, 15) is 4.79 Å². The van der Waals surface area contributed by atoms with E-state index in [1.807, 2.05) is 18.2 Å². The predicted molar refractivity (Wildman–Crippen MR) is 82.2 cm³/mol. The highest BCUT2D eigenvalue weighted by Gasteiger charge is 2.02. The van der Waals surface area contributed by atoms with Crippen molar-refractivity contribution >= 4 is 34.0 Å². The minimum atomic E-state index is 0.624. The van der Waals surface area contributed by atoms with Gasteiger partial charge in [-0.15, -0.1) is 11.8 Å². The van der Waals surface area contributed by atoms with E-state index >= 15 is 0 Å². The number of benzene rings is 2. The molecule has 0 saturated heterocycles. The van der Waals surface area contributed by atoms with Gasteiger partial charge in [0.2, 0.25) is 0 Å². The molecule has 0 fully saturated rings. The van der Waals surface area contributed by atoms with Gasteiger partial charge in [0.25, 0.3) is 0 Å². The van der Waals surface area contributed by atoms with Gasteiger partial charge in [-0.25, -0.2) is 0 Å². The van der Waals surface area contributed by atoms with Crippen LogP contribution in [0.15, 0.2) is 57.9 Å². The maximum absolute atomic E-state index is 10.6.